The number of carbonyl (C=O) groups excluding carboxylic acids is 1. The summed E-state index contributed by atoms with van der Waals surface area (Å²) >= 11 is 0. The third kappa shape index (κ3) is 2.86. The van der Waals surface area contributed by atoms with E-state index in [1.165, 1.54) is 11.1 Å². The highest BCUT2D eigenvalue weighted by Crippen LogP contribution is 2.40. The zero-order valence-corrected chi connectivity index (χ0v) is 15.1. The highest BCUT2D eigenvalue weighted by atomic mass is 16.5. The molecule has 0 spiro atoms. The number of amides is 1. The molecule has 2 aromatic carbocycles. The number of nitrogens with zero attached hydrogens (tertiary/aromatic N) is 2. The summed E-state index contributed by atoms with van der Waals surface area (Å²) in [5.41, 5.74) is 3.49. The first-order chi connectivity index (χ1) is 13.3. The fourth-order valence-corrected chi connectivity index (χ4v) is 4.34. The number of fused-ring (bicyclic) bond motifs is 3. The van der Waals surface area contributed by atoms with E-state index in [1.54, 1.807) is 0 Å². The summed E-state index contributed by atoms with van der Waals surface area (Å²) in [6, 6.07) is 24.5. The van der Waals surface area contributed by atoms with E-state index in [9.17, 15) is 4.79 Å². The molecular weight excluding hydrogens is 336 g/mol. The monoisotopic (exact) mass is 358 g/mol. The summed E-state index contributed by atoms with van der Waals surface area (Å²) in [5, 5.41) is 0. The molecule has 1 fully saturated rings. The van der Waals surface area contributed by atoms with Crippen molar-refractivity contribution < 1.29 is 9.53 Å². The first-order valence-electron chi connectivity index (χ1n) is 9.49. The van der Waals surface area contributed by atoms with Crippen molar-refractivity contribution in [1.82, 2.24) is 9.47 Å². The quantitative estimate of drug-likeness (QED) is 0.712. The SMILES string of the molecule is O=C1[C@H](Cc2ccccc2)n2cccc2C2OC[C@H](Cc3ccccc3)N12. The molecule has 3 aromatic rings. The highest BCUT2D eigenvalue weighted by Gasteiger charge is 2.46. The Morgan fingerprint density at radius 3 is 2.22 bits per heavy atom. The Labute approximate surface area is 159 Å². The van der Waals surface area contributed by atoms with Gasteiger partial charge in [0, 0.05) is 12.6 Å². The molecule has 1 unspecified atom stereocenters. The Kier molecular flexibility index (Phi) is 4.06. The maximum absolute atomic E-state index is 13.5. The number of hydrogen-bond acceptors (Lipinski definition) is 2. The van der Waals surface area contributed by atoms with Crippen LogP contribution in [0, 0.1) is 0 Å². The average Bonchev–Trinajstić information content (AvgIpc) is 3.34. The summed E-state index contributed by atoms with van der Waals surface area (Å²) in [5.74, 6) is 0.158. The fraction of sp³-hybridized carbons (Fsp3) is 0.261. The molecule has 0 aliphatic carbocycles. The van der Waals surface area contributed by atoms with Crippen LogP contribution >= 0.6 is 0 Å². The number of rotatable bonds is 4. The third-order valence-electron chi connectivity index (χ3n) is 5.62. The van der Waals surface area contributed by atoms with Crippen molar-refractivity contribution in [2.75, 3.05) is 6.61 Å². The minimum Gasteiger partial charge on any atom is -0.350 e. The molecule has 0 bridgehead atoms. The van der Waals surface area contributed by atoms with Gasteiger partial charge in [0.25, 0.3) is 0 Å². The molecule has 3 heterocycles. The Morgan fingerprint density at radius 1 is 0.852 bits per heavy atom. The summed E-state index contributed by atoms with van der Waals surface area (Å²) in [6.07, 6.45) is 3.25. The highest BCUT2D eigenvalue weighted by molar-refractivity contribution is 5.83. The van der Waals surface area contributed by atoms with E-state index in [0.717, 1.165) is 12.1 Å². The lowest BCUT2D eigenvalue weighted by molar-refractivity contribution is -0.145. The first-order valence-corrected chi connectivity index (χ1v) is 9.49. The summed E-state index contributed by atoms with van der Waals surface area (Å²) in [6.45, 7) is 0.578. The van der Waals surface area contributed by atoms with Gasteiger partial charge in [0.2, 0.25) is 5.91 Å². The van der Waals surface area contributed by atoms with Gasteiger partial charge in [0.15, 0.2) is 6.23 Å². The molecule has 0 saturated carbocycles. The maximum atomic E-state index is 13.5. The van der Waals surface area contributed by atoms with Crippen LogP contribution in [0.4, 0.5) is 0 Å². The van der Waals surface area contributed by atoms with Crippen molar-refractivity contribution in [3.63, 3.8) is 0 Å². The predicted octanol–water partition coefficient (Wildman–Crippen LogP) is 3.75. The van der Waals surface area contributed by atoms with Crippen LogP contribution in [0.5, 0.6) is 0 Å². The molecule has 2 aliphatic heterocycles. The van der Waals surface area contributed by atoms with Crippen molar-refractivity contribution in [2.24, 2.45) is 0 Å². The van der Waals surface area contributed by atoms with Crippen molar-refractivity contribution in [3.8, 4) is 0 Å². The molecule has 1 amide bonds. The van der Waals surface area contributed by atoms with Gasteiger partial charge in [-0.25, -0.2) is 0 Å². The smallest absolute Gasteiger partial charge is 0.248 e. The summed E-state index contributed by atoms with van der Waals surface area (Å²) in [4.78, 5) is 15.5. The van der Waals surface area contributed by atoms with Gasteiger partial charge in [-0.15, -0.1) is 0 Å². The summed E-state index contributed by atoms with van der Waals surface area (Å²) < 4.78 is 8.18. The molecule has 2 aliphatic rings. The Balaban J connectivity index is 1.47. The van der Waals surface area contributed by atoms with Gasteiger partial charge in [-0.3, -0.25) is 4.79 Å². The molecule has 3 atom stereocenters. The van der Waals surface area contributed by atoms with Crippen LogP contribution in [0.3, 0.4) is 0 Å². The number of carbonyl (C=O) groups is 1. The third-order valence-corrected chi connectivity index (χ3v) is 5.62. The molecule has 4 nitrogen and oxygen atoms in total. The van der Waals surface area contributed by atoms with Crippen LogP contribution in [0.2, 0.25) is 0 Å². The standard InChI is InChI=1S/C23H22N2O2/c26-22-21(15-18-10-5-2-6-11-18)24-13-7-12-20(24)23-25(22)19(16-27-23)14-17-8-3-1-4-9-17/h1-13,19,21,23H,14-16H2/t19-,21-,23?/m0/s1. The molecule has 5 rings (SSSR count). The molecule has 1 saturated heterocycles. The van der Waals surface area contributed by atoms with Crippen LogP contribution in [-0.4, -0.2) is 28.0 Å². The Morgan fingerprint density at radius 2 is 1.52 bits per heavy atom. The van der Waals surface area contributed by atoms with Crippen molar-refractivity contribution in [2.45, 2.75) is 31.2 Å². The molecule has 136 valence electrons. The van der Waals surface area contributed by atoms with Crippen LogP contribution in [0.25, 0.3) is 0 Å². The second kappa shape index (κ2) is 6.71. The van der Waals surface area contributed by atoms with Gasteiger partial charge < -0.3 is 14.2 Å². The topological polar surface area (TPSA) is 34.5 Å². The number of hydrogen-bond donors (Lipinski definition) is 0. The second-order valence-corrected chi connectivity index (χ2v) is 7.32. The lowest BCUT2D eigenvalue weighted by atomic mass is 9.99. The van der Waals surface area contributed by atoms with Crippen LogP contribution < -0.4 is 0 Å². The molecule has 0 radical (unpaired) electrons. The largest absolute Gasteiger partial charge is 0.350 e. The van der Waals surface area contributed by atoms with Crippen molar-refractivity contribution >= 4 is 5.91 Å². The van der Waals surface area contributed by atoms with Crippen LogP contribution in [0.15, 0.2) is 79.0 Å². The fourth-order valence-electron chi connectivity index (χ4n) is 4.34. The minimum atomic E-state index is -0.270. The van der Waals surface area contributed by atoms with Crippen LogP contribution in [-0.2, 0) is 22.4 Å². The predicted molar refractivity (Wildman–Crippen MR) is 103 cm³/mol. The molecular formula is C23H22N2O2. The van der Waals surface area contributed by atoms with Gasteiger partial charge >= 0.3 is 0 Å². The maximum Gasteiger partial charge on any atom is 0.248 e. The second-order valence-electron chi connectivity index (χ2n) is 7.32. The van der Waals surface area contributed by atoms with E-state index in [2.05, 4.69) is 34.9 Å². The van der Waals surface area contributed by atoms with Gasteiger partial charge in [-0.05, 0) is 29.7 Å². The van der Waals surface area contributed by atoms with E-state index in [0.29, 0.717) is 13.0 Å². The van der Waals surface area contributed by atoms with E-state index >= 15 is 0 Å². The lowest BCUT2D eigenvalue weighted by Gasteiger charge is -2.38. The van der Waals surface area contributed by atoms with E-state index < -0.39 is 0 Å². The number of ether oxygens (including phenoxy) is 1. The van der Waals surface area contributed by atoms with Gasteiger partial charge in [0.05, 0.1) is 18.3 Å². The van der Waals surface area contributed by atoms with Crippen molar-refractivity contribution in [1.29, 1.82) is 0 Å². The zero-order valence-electron chi connectivity index (χ0n) is 15.1. The van der Waals surface area contributed by atoms with Gasteiger partial charge in [0.1, 0.15) is 6.04 Å². The number of aromatic nitrogens is 1. The lowest BCUT2D eigenvalue weighted by Crippen LogP contribution is -2.48. The molecule has 4 heteroatoms. The zero-order chi connectivity index (χ0) is 18.2. The minimum absolute atomic E-state index is 0.0758. The van der Waals surface area contributed by atoms with E-state index in [4.69, 9.17) is 4.74 Å². The number of benzene rings is 2. The normalized spacial score (nSPS) is 23.9. The van der Waals surface area contributed by atoms with Gasteiger partial charge in [-0.1, -0.05) is 60.7 Å². The van der Waals surface area contributed by atoms with Crippen molar-refractivity contribution in [3.05, 3.63) is 95.8 Å². The van der Waals surface area contributed by atoms with E-state index in [1.807, 2.05) is 53.6 Å². The molecule has 1 aromatic heterocycles. The molecule has 27 heavy (non-hydrogen) atoms. The van der Waals surface area contributed by atoms with Crippen LogP contribution in [0.1, 0.15) is 29.1 Å². The summed E-state index contributed by atoms with van der Waals surface area (Å²) in [7, 11) is 0. The van der Waals surface area contributed by atoms with Gasteiger partial charge in [-0.2, -0.15) is 0 Å². The molecule has 0 N–H and O–H groups in total. The Hall–Kier alpha value is -2.85. The van der Waals surface area contributed by atoms with E-state index in [-0.39, 0.29) is 24.2 Å². The average molecular weight is 358 g/mol. The first kappa shape index (κ1) is 16.3. The Bertz CT molecular complexity index is 935.